The first-order valence-electron chi connectivity index (χ1n) is 3.23. The van der Waals surface area contributed by atoms with Gasteiger partial charge in [-0.1, -0.05) is 0 Å². The first kappa shape index (κ1) is 11.1. The first-order chi connectivity index (χ1) is 5.95. The van der Waals surface area contributed by atoms with Crippen LogP contribution in [0.3, 0.4) is 0 Å². The largest absolute Gasteiger partial charge is 0.418 e. The summed E-state index contributed by atoms with van der Waals surface area (Å²) in [5, 5.41) is 0.595. The van der Waals surface area contributed by atoms with Crippen LogP contribution in [0.5, 0.6) is 0 Å². The van der Waals surface area contributed by atoms with Crippen LogP contribution in [0.1, 0.15) is 5.56 Å². The van der Waals surface area contributed by atoms with Gasteiger partial charge < -0.3 is 0 Å². The fraction of sp³-hybridized carbons (Fsp3) is 0.286. The second kappa shape index (κ2) is 4.04. The molecule has 0 bridgehead atoms. The summed E-state index contributed by atoms with van der Waals surface area (Å²) in [6.07, 6.45) is -2.54. The molecule has 1 aromatic rings. The van der Waals surface area contributed by atoms with Crippen LogP contribution < -0.4 is 0 Å². The van der Waals surface area contributed by atoms with E-state index in [1.54, 1.807) is 28.8 Å². The van der Waals surface area contributed by atoms with Crippen LogP contribution in [-0.2, 0) is 6.18 Å². The second-order valence-electron chi connectivity index (χ2n) is 2.19. The lowest BCUT2D eigenvalue weighted by molar-refractivity contribution is -0.138. The molecular weight excluding hydrogens is 314 g/mol. The molecule has 1 heterocycles. The third-order valence-corrected chi connectivity index (χ3v) is 2.81. The second-order valence-corrected chi connectivity index (χ2v) is 4.04. The van der Waals surface area contributed by atoms with Gasteiger partial charge in [-0.25, -0.2) is 4.98 Å². The van der Waals surface area contributed by atoms with Crippen LogP contribution in [0.4, 0.5) is 13.2 Å². The Kier molecular flexibility index (Phi) is 3.44. The molecule has 0 aromatic carbocycles. The van der Waals surface area contributed by atoms with E-state index >= 15 is 0 Å². The molecule has 0 amide bonds. The molecule has 0 spiro atoms. The zero-order valence-electron chi connectivity index (χ0n) is 6.52. The molecule has 13 heavy (non-hydrogen) atoms. The van der Waals surface area contributed by atoms with E-state index in [0.29, 0.717) is 5.03 Å². The summed E-state index contributed by atoms with van der Waals surface area (Å²) in [5.41, 5.74) is -0.675. The molecule has 1 nitrogen and oxygen atoms in total. The van der Waals surface area contributed by atoms with Crippen molar-refractivity contribution in [3.05, 3.63) is 21.4 Å². The molecule has 0 saturated heterocycles. The van der Waals surface area contributed by atoms with Crippen molar-refractivity contribution in [3.8, 4) is 0 Å². The maximum atomic E-state index is 12.2. The normalized spacial score (nSPS) is 11.8. The van der Waals surface area contributed by atoms with Gasteiger partial charge in [0.1, 0.15) is 3.70 Å². The van der Waals surface area contributed by atoms with Gasteiger partial charge in [-0.05, 0) is 41.0 Å². The van der Waals surface area contributed by atoms with E-state index in [2.05, 4.69) is 4.98 Å². The Bertz CT molecular complexity index is 313. The van der Waals surface area contributed by atoms with Crippen molar-refractivity contribution in [2.24, 2.45) is 0 Å². The lowest BCUT2D eigenvalue weighted by Crippen LogP contribution is -2.08. The SMILES string of the molecule is CSc1ccc(C(F)(F)F)c(I)n1. The van der Waals surface area contributed by atoms with Crippen LogP contribution in [-0.4, -0.2) is 11.2 Å². The number of alkyl halides is 3. The van der Waals surface area contributed by atoms with Crippen molar-refractivity contribution in [2.45, 2.75) is 11.2 Å². The Labute approximate surface area is 91.3 Å². The third-order valence-electron chi connectivity index (χ3n) is 1.34. The van der Waals surface area contributed by atoms with Crippen LogP contribution in [0.25, 0.3) is 0 Å². The summed E-state index contributed by atoms with van der Waals surface area (Å²) in [7, 11) is 0. The molecule has 0 aliphatic rings. The minimum absolute atomic E-state index is 0.00282. The van der Waals surface area contributed by atoms with Crippen molar-refractivity contribution >= 4 is 34.4 Å². The molecule has 0 atom stereocenters. The van der Waals surface area contributed by atoms with Gasteiger partial charge in [0.25, 0.3) is 0 Å². The van der Waals surface area contributed by atoms with Crippen molar-refractivity contribution < 1.29 is 13.2 Å². The van der Waals surface area contributed by atoms with Crippen molar-refractivity contribution in [1.29, 1.82) is 0 Å². The van der Waals surface area contributed by atoms with E-state index in [-0.39, 0.29) is 3.70 Å². The van der Waals surface area contributed by atoms with Crippen LogP contribution in [0.15, 0.2) is 17.2 Å². The average Bonchev–Trinajstić information content (AvgIpc) is 2.01. The lowest BCUT2D eigenvalue weighted by Gasteiger charge is -2.08. The monoisotopic (exact) mass is 319 g/mol. The molecule has 0 radical (unpaired) electrons. The van der Waals surface area contributed by atoms with Crippen molar-refractivity contribution in [2.75, 3.05) is 6.26 Å². The van der Waals surface area contributed by atoms with E-state index < -0.39 is 11.7 Å². The quantitative estimate of drug-likeness (QED) is 0.447. The molecule has 0 aliphatic carbocycles. The average molecular weight is 319 g/mol. The summed E-state index contributed by atoms with van der Waals surface area (Å²) in [5.74, 6) is 0. The first-order valence-corrected chi connectivity index (χ1v) is 5.53. The lowest BCUT2D eigenvalue weighted by atomic mass is 10.3. The number of hydrogen-bond donors (Lipinski definition) is 0. The maximum Gasteiger partial charge on any atom is 0.418 e. The number of halogens is 4. The van der Waals surface area contributed by atoms with E-state index in [4.69, 9.17) is 0 Å². The topological polar surface area (TPSA) is 12.9 Å². The van der Waals surface area contributed by atoms with Gasteiger partial charge in [-0.2, -0.15) is 13.2 Å². The van der Waals surface area contributed by atoms with E-state index in [0.717, 1.165) is 6.07 Å². The van der Waals surface area contributed by atoms with E-state index in [1.165, 1.54) is 17.8 Å². The molecule has 0 fully saturated rings. The number of aromatic nitrogens is 1. The van der Waals surface area contributed by atoms with Crippen LogP contribution in [0.2, 0.25) is 0 Å². The number of rotatable bonds is 1. The highest BCUT2D eigenvalue weighted by Crippen LogP contribution is 2.32. The summed E-state index contributed by atoms with van der Waals surface area (Å²) < 4.78 is 36.7. The third kappa shape index (κ3) is 2.73. The Morgan fingerprint density at radius 3 is 2.38 bits per heavy atom. The molecule has 0 unspecified atom stereocenters. The van der Waals surface area contributed by atoms with Gasteiger partial charge in [-0.3, -0.25) is 0 Å². The number of nitrogens with zero attached hydrogens (tertiary/aromatic N) is 1. The Balaban J connectivity index is 3.13. The molecule has 1 aromatic heterocycles. The summed E-state index contributed by atoms with van der Waals surface area (Å²) in [6, 6.07) is 2.43. The summed E-state index contributed by atoms with van der Waals surface area (Å²) in [6.45, 7) is 0. The Morgan fingerprint density at radius 2 is 2.00 bits per heavy atom. The molecule has 72 valence electrons. The molecule has 1 rings (SSSR count). The van der Waals surface area contributed by atoms with E-state index in [1.807, 2.05) is 0 Å². The highest BCUT2D eigenvalue weighted by Gasteiger charge is 2.33. The number of hydrogen-bond acceptors (Lipinski definition) is 2. The number of thioether (sulfide) groups is 1. The van der Waals surface area contributed by atoms with Gasteiger partial charge in [0.05, 0.1) is 10.6 Å². The highest BCUT2D eigenvalue weighted by atomic mass is 127. The number of pyridine rings is 1. The molecule has 0 N–H and O–H groups in total. The van der Waals surface area contributed by atoms with Gasteiger partial charge in [0, 0.05) is 0 Å². The predicted molar refractivity (Wildman–Crippen MR) is 53.7 cm³/mol. The van der Waals surface area contributed by atoms with Crippen LogP contribution in [0, 0.1) is 3.70 Å². The summed E-state index contributed by atoms with van der Waals surface area (Å²) >= 11 is 2.91. The van der Waals surface area contributed by atoms with E-state index in [9.17, 15) is 13.2 Å². The molecule has 6 heteroatoms. The van der Waals surface area contributed by atoms with Gasteiger partial charge in [0.15, 0.2) is 0 Å². The maximum absolute atomic E-state index is 12.2. The molecular formula is C7H5F3INS. The van der Waals surface area contributed by atoms with Gasteiger partial charge in [-0.15, -0.1) is 11.8 Å². The standard InChI is InChI=1S/C7H5F3INS/c1-13-5-3-2-4(6(11)12-5)7(8,9)10/h2-3H,1H3. The minimum Gasteiger partial charge on any atom is -0.235 e. The Hall–Kier alpha value is 0.0200. The van der Waals surface area contributed by atoms with Crippen molar-refractivity contribution in [1.82, 2.24) is 4.98 Å². The minimum atomic E-state index is -4.31. The molecule has 0 aliphatic heterocycles. The Morgan fingerprint density at radius 1 is 1.38 bits per heavy atom. The highest BCUT2D eigenvalue weighted by molar-refractivity contribution is 14.1. The summed E-state index contributed by atoms with van der Waals surface area (Å²) in [4.78, 5) is 3.79. The fourth-order valence-corrected chi connectivity index (χ4v) is 2.04. The van der Waals surface area contributed by atoms with Crippen LogP contribution >= 0.6 is 34.4 Å². The van der Waals surface area contributed by atoms with Crippen molar-refractivity contribution in [3.63, 3.8) is 0 Å². The fourth-order valence-electron chi connectivity index (χ4n) is 0.743. The zero-order valence-corrected chi connectivity index (χ0v) is 9.50. The van der Waals surface area contributed by atoms with Gasteiger partial charge in [0.2, 0.25) is 0 Å². The molecule has 0 saturated carbocycles. The van der Waals surface area contributed by atoms with Gasteiger partial charge >= 0.3 is 6.18 Å². The smallest absolute Gasteiger partial charge is 0.235 e. The predicted octanol–water partition coefficient (Wildman–Crippen LogP) is 3.43. The zero-order chi connectivity index (χ0) is 10.1.